The van der Waals surface area contributed by atoms with E-state index in [1.807, 2.05) is 6.08 Å². The molecule has 0 aliphatic carbocycles. The van der Waals surface area contributed by atoms with Crippen molar-refractivity contribution in [3.8, 4) is 0 Å². The number of rotatable bonds is 46. The number of hydrogen-bond acceptors (Lipinski definition) is 6. The average molecular weight is 889 g/mol. The van der Waals surface area contributed by atoms with Crippen molar-refractivity contribution in [1.29, 1.82) is 0 Å². The molecule has 1 atom stereocenters. The molecule has 0 aliphatic heterocycles. The number of carbonyl (C=O) groups excluding carboxylic acids is 3. The Kier molecular flexibility index (Phi) is 49.0. The Morgan fingerprint density at radius 3 is 1.14 bits per heavy atom. The molecule has 0 aromatic heterocycles. The third-order valence-corrected chi connectivity index (χ3v) is 10.9. The van der Waals surface area contributed by atoms with Crippen molar-refractivity contribution in [1.82, 2.24) is 0 Å². The standard InChI is InChI=1S/C58H96O6/c1-4-7-10-13-16-19-22-25-27-28-29-30-32-33-36-39-42-45-48-51-57(60)63-54-55(53-62-56(59)50-47-44-41-38-35-24-21-18-15-12-9-6-3)64-58(61)52-49-46-43-40-37-34-31-26-23-20-17-14-11-8-5-2/h7,10,16-17,19-20,23,25-27,29-30,33,36,42,45,55H,4-6,8-9,11-15,18,21-22,24,28,31-32,34-35,37-41,43-44,46-54H2,1-3H3/b10-7-,19-16-,20-17-,26-23-,27-25-,30-29-,36-33-,45-42-. The summed E-state index contributed by atoms with van der Waals surface area (Å²) in [6.07, 6.45) is 68.3. The van der Waals surface area contributed by atoms with Gasteiger partial charge in [0.05, 0.1) is 0 Å². The lowest BCUT2D eigenvalue weighted by Gasteiger charge is -2.18. The van der Waals surface area contributed by atoms with Gasteiger partial charge in [-0.05, 0) is 83.5 Å². The second kappa shape index (κ2) is 52.0. The number of ether oxygens (including phenoxy) is 3. The quantitative estimate of drug-likeness (QED) is 0.0199. The van der Waals surface area contributed by atoms with E-state index in [0.29, 0.717) is 19.3 Å². The lowest BCUT2D eigenvalue weighted by molar-refractivity contribution is -0.166. The second-order valence-electron chi connectivity index (χ2n) is 17.1. The van der Waals surface area contributed by atoms with E-state index < -0.39 is 6.10 Å². The maximum absolute atomic E-state index is 12.8. The zero-order chi connectivity index (χ0) is 46.5. The lowest BCUT2D eigenvalue weighted by Crippen LogP contribution is -2.30. The first-order chi connectivity index (χ1) is 31.5. The summed E-state index contributed by atoms with van der Waals surface area (Å²) in [5.41, 5.74) is 0. The molecule has 6 nitrogen and oxygen atoms in total. The highest BCUT2D eigenvalue weighted by Crippen LogP contribution is 2.14. The normalized spacial score (nSPS) is 12.9. The molecule has 0 saturated heterocycles. The van der Waals surface area contributed by atoms with Crippen LogP contribution in [0.2, 0.25) is 0 Å². The minimum atomic E-state index is -0.813. The van der Waals surface area contributed by atoms with Gasteiger partial charge in [0.15, 0.2) is 6.10 Å². The monoisotopic (exact) mass is 889 g/mol. The average Bonchev–Trinajstić information content (AvgIpc) is 3.29. The van der Waals surface area contributed by atoms with Crippen LogP contribution in [0.3, 0.4) is 0 Å². The van der Waals surface area contributed by atoms with Crippen LogP contribution in [0.25, 0.3) is 0 Å². The van der Waals surface area contributed by atoms with E-state index in [0.717, 1.165) is 89.9 Å². The van der Waals surface area contributed by atoms with Crippen LogP contribution in [0.4, 0.5) is 0 Å². The van der Waals surface area contributed by atoms with E-state index in [4.69, 9.17) is 14.2 Å². The van der Waals surface area contributed by atoms with E-state index in [9.17, 15) is 14.4 Å². The first-order valence-corrected chi connectivity index (χ1v) is 26.3. The molecule has 0 N–H and O–H groups in total. The molecule has 0 saturated carbocycles. The molecule has 1 unspecified atom stereocenters. The van der Waals surface area contributed by atoms with Crippen molar-refractivity contribution in [2.75, 3.05) is 13.2 Å². The summed E-state index contributed by atoms with van der Waals surface area (Å²) in [6, 6.07) is 0. The van der Waals surface area contributed by atoms with E-state index in [1.54, 1.807) is 0 Å². The van der Waals surface area contributed by atoms with Crippen molar-refractivity contribution < 1.29 is 28.6 Å². The van der Waals surface area contributed by atoms with Gasteiger partial charge in [0.25, 0.3) is 0 Å². The SMILES string of the molecule is CC/C=C\C/C=C\C/C=C\C/C=C\C/C=C\C/C=C\CCC(=O)OCC(COC(=O)CCCCCCCCCCCCCC)OC(=O)CCCCCCCC/C=C\C=C/CCCCC. The summed E-state index contributed by atoms with van der Waals surface area (Å²) in [5, 5.41) is 0. The number of unbranched alkanes of at least 4 members (excludes halogenated alkanes) is 20. The van der Waals surface area contributed by atoms with Crippen molar-refractivity contribution in [2.45, 2.75) is 239 Å². The summed E-state index contributed by atoms with van der Waals surface area (Å²) in [5.74, 6) is -1.01. The molecule has 364 valence electrons. The first-order valence-electron chi connectivity index (χ1n) is 26.3. The summed E-state index contributed by atoms with van der Waals surface area (Å²) in [6.45, 7) is 6.41. The Hall–Kier alpha value is -3.67. The fraction of sp³-hybridized carbons (Fsp3) is 0.672. The van der Waals surface area contributed by atoms with Gasteiger partial charge >= 0.3 is 17.9 Å². The van der Waals surface area contributed by atoms with E-state index in [-0.39, 0.29) is 37.5 Å². The van der Waals surface area contributed by atoms with E-state index in [1.165, 1.54) is 96.3 Å². The lowest BCUT2D eigenvalue weighted by atomic mass is 10.0. The van der Waals surface area contributed by atoms with Crippen LogP contribution >= 0.6 is 0 Å². The molecule has 6 heteroatoms. The zero-order valence-corrected chi connectivity index (χ0v) is 41.5. The molecular formula is C58H96O6. The molecule has 0 aromatic rings. The van der Waals surface area contributed by atoms with Gasteiger partial charge in [-0.3, -0.25) is 14.4 Å². The third kappa shape index (κ3) is 49.3. The fourth-order valence-corrected chi connectivity index (χ4v) is 6.93. The number of hydrogen-bond donors (Lipinski definition) is 0. The van der Waals surface area contributed by atoms with Crippen molar-refractivity contribution in [2.24, 2.45) is 0 Å². The van der Waals surface area contributed by atoms with Crippen LogP contribution in [0.1, 0.15) is 233 Å². The highest BCUT2D eigenvalue weighted by atomic mass is 16.6. The molecule has 0 spiro atoms. The predicted octanol–water partition coefficient (Wildman–Crippen LogP) is 17.4. The van der Waals surface area contributed by atoms with Crippen LogP contribution in [-0.4, -0.2) is 37.2 Å². The summed E-state index contributed by atoms with van der Waals surface area (Å²) >= 11 is 0. The molecule has 0 heterocycles. The minimum Gasteiger partial charge on any atom is -0.462 e. The number of carbonyl (C=O) groups is 3. The Labute approximate surface area is 394 Å². The van der Waals surface area contributed by atoms with Crippen molar-refractivity contribution >= 4 is 17.9 Å². The van der Waals surface area contributed by atoms with E-state index in [2.05, 4.69) is 112 Å². The maximum atomic E-state index is 12.8. The van der Waals surface area contributed by atoms with Crippen LogP contribution in [0, 0.1) is 0 Å². The van der Waals surface area contributed by atoms with Gasteiger partial charge in [0.1, 0.15) is 13.2 Å². The maximum Gasteiger partial charge on any atom is 0.306 e. The molecule has 0 aromatic carbocycles. The molecule has 64 heavy (non-hydrogen) atoms. The number of allylic oxidation sites excluding steroid dienone is 16. The minimum absolute atomic E-state index is 0.105. The summed E-state index contributed by atoms with van der Waals surface area (Å²) in [7, 11) is 0. The van der Waals surface area contributed by atoms with Crippen LogP contribution in [-0.2, 0) is 28.6 Å². The zero-order valence-electron chi connectivity index (χ0n) is 41.5. The van der Waals surface area contributed by atoms with Gasteiger partial charge in [-0.15, -0.1) is 0 Å². The Bertz CT molecular complexity index is 1300. The van der Waals surface area contributed by atoms with Gasteiger partial charge in [0.2, 0.25) is 0 Å². The Balaban J connectivity index is 4.52. The van der Waals surface area contributed by atoms with Crippen molar-refractivity contribution in [3.05, 3.63) is 97.2 Å². The Morgan fingerprint density at radius 2 is 0.688 bits per heavy atom. The van der Waals surface area contributed by atoms with Crippen LogP contribution in [0.15, 0.2) is 97.2 Å². The van der Waals surface area contributed by atoms with Gasteiger partial charge in [-0.2, -0.15) is 0 Å². The van der Waals surface area contributed by atoms with Crippen molar-refractivity contribution in [3.63, 3.8) is 0 Å². The van der Waals surface area contributed by atoms with E-state index >= 15 is 0 Å². The number of esters is 3. The highest BCUT2D eigenvalue weighted by molar-refractivity contribution is 5.71. The van der Waals surface area contributed by atoms with Gasteiger partial charge in [-0.25, -0.2) is 0 Å². The van der Waals surface area contributed by atoms with Gasteiger partial charge in [-0.1, -0.05) is 227 Å². The Morgan fingerprint density at radius 1 is 0.344 bits per heavy atom. The smallest absolute Gasteiger partial charge is 0.306 e. The first kappa shape index (κ1) is 60.3. The molecule has 0 bridgehead atoms. The van der Waals surface area contributed by atoms with Crippen LogP contribution in [0.5, 0.6) is 0 Å². The van der Waals surface area contributed by atoms with Gasteiger partial charge in [0, 0.05) is 19.3 Å². The third-order valence-electron chi connectivity index (χ3n) is 10.9. The topological polar surface area (TPSA) is 78.9 Å². The molecule has 0 rings (SSSR count). The molecule has 0 aliphatic rings. The summed E-state index contributed by atoms with van der Waals surface area (Å²) in [4.78, 5) is 38.0. The fourth-order valence-electron chi connectivity index (χ4n) is 6.93. The molecule has 0 fully saturated rings. The summed E-state index contributed by atoms with van der Waals surface area (Å²) < 4.78 is 16.7. The molecular weight excluding hydrogens is 793 g/mol. The second-order valence-corrected chi connectivity index (χ2v) is 17.1. The predicted molar refractivity (Wildman–Crippen MR) is 274 cm³/mol. The molecule has 0 radical (unpaired) electrons. The highest BCUT2D eigenvalue weighted by Gasteiger charge is 2.19. The molecule has 0 amide bonds. The van der Waals surface area contributed by atoms with Crippen LogP contribution < -0.4 is 0 Å². The largest absolute Gasteiger partial charge is 0.462 e. The van der Waals surface area contributed by atoms with Gasteiger partial charge < -0.3 is 14.2 Å².